The van der Waals surface area contributed by atoms with E-state index in [9.17, 15) is 5.11 Å². The Morgan fingerprint density at radius 2 is 2.06 bits per heavy atom. The topological polar surface area (TPSA) is 23.5 Å². The lowest BCUT2D eigenvalue weighted by Gasteiger charge is -2.34. The molecule has 1 aliphatic heterocycles. The second-order valence-corrected chi connectivity index (χ2v) is 5.34. The van der Waals surface area contributed by atoms with Crippen molar-refractivity contribution in [2.75, 3.05) is 13.1 Å². The first kappa shape index (κ1) is 12.9. The van der Waals surface area contributed by atoms with Crippen LogP contribution in [0.4, 0.5) is 0 Å². The molecule has 1 aromatic rings. The Balaban J connectivity index is 1.95. The number of β-amino-alcohol motifs (C(OH)–C–C–N with tert-alkyl or cyclic N) is 1. The molecule has 0 bridgehead atoms. The third kappa shape index (κ3) is 3.44. The maximum Gasteiger partial charge on any atom is 0.0917 e. The van der Waals surface area contributed by atoms with Crippen molar-refractivity contribution in [2.45, 2.75) is 38.3 Å². The SMILES string of the molecule is CC1CCCCN1CC(O)c1ccc(Cl)cc1. The van der Waals surface area contributed by atoms with Gasteiger partial charge in [0, 0.05) is 17.6 Å². The third-order valence-corrected chi connectivity index (χ3v) is 3.85. The average molecular weight is 254 g/mol. The number of likely N-dealkylation sites (tertiary alicyclic amines) is 1. The van der Waals surface area contributed by atoms with Crippen LogP contribution in [0.15, 0.2) is 24.3 Å². The van der Waals surface area contributed by atoms with Crippen LogP contribution in [0.3, 0.4) is 0 Å². The first-order valence-corrected chi connectivity index (χ1v) is 6.72. The lowest BCUT2D eigenvalue weighted by Crippen LogP contribution is -2.40. The minimum Gasteiger partial charge on any atom is -0.387 e. The fourth-order valence-electron chi connectivity index (χ4n) is 2.44. The Bertz CT molecular complexity index is 352. The first-order chi connectivity index (χ1) is 8.16. The fraction of sp³-hybridized carbons (Fsp3) is 0.571. The van der Waals surface area contributed by atoms with Crippen molar-refractivity contribution >= 4 is 11.6 Å². The van der Waals surface area contributed by atoms with Crippen LogP contribution in [0.25, 0.3) is 0 Å². The van der Waals surface area contributed by atoms with Gasteiger partial charge in [-0.05, 0) is 44.0 Å². The molecule has 2 atom stereocenters. The van der Waals surface area contributed by atoms with Crippen molar-refractivity contribution < 1.29 is 5.11 Å². The van der Waals surface area contributed by atoms with E-state index in [0.29, 0.717) is 11.1 Å². The van der Waals surface area contributed by atoms with Crippen LogP contribution in [0.2, 0.25) is 5.02 Å². The van der Waals surface area contributed by atoms with Gasteiger partial charge < -0.3 is 5.11 Å². The summed E-state index contributed by atoms with van der Waals surface area (Å²) in [4.78, 5) is 2.38. The van der Waals surface area contributed by atoms with Crippen molar-refractivity contribution in [3.63, 3.8) is 0 Å². The van der Waals surface area contributed by atoms with Gasteiger partial charge in [-0.3, -0.25) is 4.90 Å². The zero-order valence-electron chi connectivity index (χ0n) is 10.3. The van der Waals surface area contributed by atoms with Crippen molar-refractivity contribution in [3.05, 3.63) is 34.9 Å². The first-order valence-electron chi connectivity index (χ1n) is 6.34. The van der Waals surface area contributed by atoms with E-state index >= 15 is 0 Å². The molecule has 1 fully saturated rings. The Kier molecular flexibility index (Phi) is 4.43. The minimum atomic E-state index is -0.409. The smallest absolute Gasteiger partial charge is 0.0917 e. The predicted octanol–water partition coefficient (Wildman–Crippen LogP) is 3.25. The summed E-state index contributed by atoms with van der Waals surface area (Å²) in [6.45, 7) is 4.07. The Morgan fingerprint density at radius 3 is 2.71 bits per heavy atom. The van der Waals surface area contributed by atoms with Crippen molar-refractivity contribution in [2.24, 2.45) is 0 Å². The zero-order chi connectivity index (χ0) is 12.3. The minimum absolute atomic E-state index is 0.409. The lowest BCUT2D eigenvalue weighted by atomic mass is 10.0. The van der Waals surface area contributed by atoms with Gasteiger partial charge in [0.1, 0.15) is 0 Å². The van der Waals surface area contributed by atoms with Gasteiger partial charge in [0.15, 0.2) is 0 Å². The highest BCUT2D eigenvalue weighted by atomic mass is 35.5. The summed E-state index contributed by atoms with van der Waals surface area (Å²) >= 11 is 5.84. The van der Waals surface area contributed by atoms with E-state index in [1.807, 2.05) is 24.3 Å². The summed E-state index contributed by atoms with van der Waals surface area (Å²) < 4.78 is 0. The number of nitrogens with zero attached hydrogens (tertiary/aromatic N) is 1. The number of aliphatic hydroxyl groups excluding tert-OH is 1. The van der Waals surface area contributed by atoms with Crippen molar-refractivity contribution in [1.82, 2.24) is 4.90 Å². The monoisotopic (exact) mass is 253 g/mol. The summed E-state index contributed by atoms with van der Waals surface area (Å²) in [5.74, 6) is 0. The molecule has 1 heterocycles. The van der Waals surface area contributed by atoms with Gasteiger partial charge in [-0.25, -0.2) is 0 Å². The molecule has 0 amide bonds. The molecule has 3 heteroatoms. The summed E-state index contributed by atoms with van der Waals surface area (Å²) in [5, 5.41) is 10.9. The van der Waals surface area contributed by atoms with E-state index in [-0.39, 0.29) is 0 Å². The maximum atomic E-state index is 10.2. The van der Waals surface area contributed by atoms with Gasteiger partial charge >= 0.3 is 0 Å². The number of piperidine rings is 1. The highest BCUT2D eigenvalue weighted by Crippen LogP contribution is 2.22. The number of aliphatic hydroxyl groups is 1. The molecule has 0 aliphatic carbocycles. The standard InChI is InChI=1S/C14H20ClNO/c1-11-4-2-3-9-16(11)10-14(17)12-5-7-13(15)8-6-12/h5-8,11,14,17H,2-4,9-10H2,1H3. The summed E-state index contributed by atoms with van der Waals surface area (Å²) in [5.41, 5.74) is 0.951. The molecule has 0 saturated carbocycles. The van der Waals surface area contributed by atoms with Gasteiger partial charge in [-0.1, -0.05) is 30.2 Å². The largest absolute Gasteiger partial charge is 0.387 e. The summed E-state index contributed by atoms with van der Waals surface area (Å²) in [6.07, 6.45) is 3.40. The molecule has 17 heavy (non-hydrogen) atoms. The molecule has 2 nitrogen and oxygen atoms in total. The molecule has 94 valence electrons. The van der Waals surface area contributed by atoms with Gasteiger partial charge in [-0.2, -0.15) is 0 Å². The average Bonchev–Trinajstić information content (AvgIpc) is 2.33. The number of rotatable bonds is 3. The van der Waals surface area contributed by atoms with Gasteiger partial charge in [0.2, 0.25) is 0 Å². The highest BCUT2D eigenvalue weighted by molar-refractivity contribution is 6.30. The maximum absolute atomic E-state index is 10.2. The lowest BCUT2D eigenvalue weighted by molar-refractivity contribution is 0.0732. The van der Waals surface area contributed by atoms with Crippen LogP contribution in [0.1, 0.15) is 37.9 Å². The van der Waals surface area contributed by atoms with Crippen molar-refractivity contribution in [1.29, 1.82) is 0 Å². The predicted molar refractivity (Wildman–Crippen MR) is 71.3 cm³/mol. The number of hydrogen-bond donors (Lipinski definition) is 1. The van der Waals surface area contributed by atoms with E-state index in [1.165, 1.54) is 19.3 Å². The molecule has 0 aromatic heterocycles. The second-order valence-electron chi connectivity index (χ2n) is 4.91. The van der Waals surface area contributed by atoms with Crippen molar-refractivity contribution in [3.8, 4) is 0 Å². The van der Waals surface area contributed by atoms with E-state index in [1.54, 1.807) is 0 Å². The molecule has 1 aromatic carbocycles. The molecule has 1 saturated heterocycles. The van der Waals surface area contributed by atoms with Crippen LogP contribution in [-0.4, -0.2) is 29.1 Å². The summed E-state index contributed by atoms with van der Waals surface area (Å²) in [7, 11) is 0. The van der Waals surface area contributed by atoms with Crippen LogP contribution < -0.4 is 0 Å². The van der Waals surface area contributed by atoms with Crippen LogP contribution in [0, 0.1) is 0 Å². The molecule has 2 rings (SSSR count). The van der Waals surface area contributed by atoms with E-state index in [2.05, 4.69) is 11.8 Å². The molecule has 1 aliphatic rings. The van der Waals surface area contributed by atoms with E-state index in [4.69, 9.17) is 11.6 Å². The molecule has 0 spiro atoms. The Labute approximate surface area is 108 Å². The molecule has 2 unspecified atom stereocenters. The van der Waals surface area contributed by atoms with Crippen LogP contribution >= 0.6 is 11.6 Å². The Morgan fingerprint density at radius 1 is 1.35 bits per heavy atom. The highest BCUT2D eigenvalue weighted by Gasteiger charge is 2.21. The van der Waals surface area contributed by atoms with E-state index < -0.39 is 6.10 Å². The van der Waals surface area contributed by atoms with Gasteiger partial charge in [0.05, 0.1) is 6.10 Å². The molecular formula is C14H20ClNO. The quantitative estimate of drug-likeness (QED) is 0.894. The number of benzene rings is 1. The number of halogens is 1. The third-order valence-electron chi connectivity index (χ3n) is 3.60. The van der Waals surface area contributed by atoms with Gasteiger partial charge in [0.25, 0.3) is 0 Å². The number of hydrogen-bond acceptors (Lipinski definition) is 2. The van der Waals surface area contributed by atoms with E-state index in [0.717, 1.165) is 18.7 Å². The Hall–Kier alpha value is -0.570. The molecular weight excluding hydrogens is 234 g/mol. The van der Waals surface area contributed by atoms with Crippen LogP contribution in [0.5, 0.6) is 0 Å². The van der Waals surface area contributed by atoms with Gasteiger partial charge in [-0.15, -0.1) is 0 Å². The molecule has 1 N–H and O–H groups in total. The zero-order valence-corrected chi connectivity index (χ0v) is 11.0. The van der Waals surface area contributed by atoms with Crippen LogP contribution in [-0.2, 0) is 0 Å². The second kappa shape index (κ2) is 5.85. The normalized spacial score (nSPS) is 23.6. The summed E-state index contributed by atoms with van der Waals surface area (Å²) in [6, 6.07) is 8.06. The molecule has 0 radical (unpaired) electrons. The fourth-order valence-corrected chi connectivity index (χ4v) is 2.57.